The molecular formula is C15H23ClN2O. The van der Waals surface area contributed by atoms with E-state index in [9.17, 15) is 4.79 Å². The van der Waals surface area contributed by atoms with E-state index in [1.807, 2.05) is 25.1 Å². The van der Waals surface area contributed by atoms with Gasteiger partial charge in [-0.2, -0.15) is 0 Å². The maximum atomic E-state index is 11.5. The molecule has 1 atom stereocenters. The van der Waals surface area contributed by atoms with E-state index in [1.54, 1.807) is 0 Å². The van der Waals surface area contributed by atoms with Crippen LogP contribution < -0.4 is 10.6 Å². The number of benzene rings is 1. The van der Waals surface area contributed by atoms with Gasteiger partial charge >= 0.3 is 0 Å². The van der Waals surface area contributed by atoms with Gasteiger partial charge in [0.1, 0.15) is 0 Å². The van der Waals surface area contributed by atoms with Crippen LogP contribution in [0.4, 0.5) is 0 Å². The number of nitrogens with one attached hydrogen (secondary N) is 2. The molecular weight excluding hydrogens is 260 g/mol. The first-order valence-corrected chi connectivity index (χ1v) is 7.24. The van der Waals surface area contributed by atoms with E-state index >= 15 is 0 Å². The van der Waals surface area contributed by atoms with Gasteiger partial charge in [0.15, 0.2) is 0 Å². The first kappa shape index (κ1) is 16.0. The molecule has 0 aliphatic carbocycles. The largest absolute Gasteiger partial charge is 0.354 e. The number of rotatable bonds is 8. The molecule has 3 nitrogen and oxygen atoms in total. The van der Waals surface area contributed by atoms with Crippen molar-refractivity contribution in [1.82, 2.24) is 10.6 Å². The zero-order chi connectivity index (χ0) is 14.1. The molecule has 0 bridgehead atoms. The second-order valence-corrected chi connectivity index (χ2v) is 5.19. The summed E-state index contributed by atoms with van der Waals surface area (Å²) < 4.78 is 0. The topological polar surface area (TPSA) is 41.1 Å². The standard InChI is InChI=1S/C15H23ClN2O/c1-3-12(2)18-15(19)8-10-17-9-7-13-5-4-6-14(16)11-13/h4-6,11-12,17H,3,7-10H2,1-2H3,(H,18,19). The highest BCUT2D eigenvalue weighted by Gasteiger charge is 2.04. The van der Waals surface area contributed by atoms with Crippen LogP contribution in [0.3, 0.4) is 0 Å². The highest BCUT2D eigenvalue weighted by atomic mass is 35.5. The number of halogens is 1. The molecule has 1 amide bonds. The Bertz CT molecular complexity index is 395. The third-order valence-electron chi connectivity index (χ3n) is 3.03. The molecule has 106 valence electrons. The Morgan fingerprint density at radius 3 is 2.84 bits per heavy atom. The van der Waals surface area contributed by atoms with Crippen LogP contribution in [-0.2, 0) is 11.2 Å². The summed E-state index contributed by atoms with van der Waals surface area (Å²) in [4.78, 5) is 11.5. The molecule has 1 unspecified atom stereocenters. The van der Waals surface area contributed by atoms with E-state index in [0.29, 0.717) is 13.0 Å². The Labute approximate surface area is 120 Å². The van der Waals surface area contributed by atoms with E-state index in [0.717, 1.165) is 24.4 Å². The van der Waals surface area contributed by atoms with Gasteiger partial charge in [-0.1, -0.05) is 30.7 Å². The summed E-state index contributed by atoms with van der Waals surface area (Å²) in [7, 11) is 0. The summed E-state index contributed by atoms with van der Waals surface area (Å²) in [6, 6.07) is 8.12. The summed E-state index contributed by atoms with van der Waals surface area (Å²) in [6.07, 6.45) is 2.42. The molecule has 0 radical (unpaired) electrons. The number of carbonyl (C=O) groups excluding carboxylic acids is 1. The number of hydrogen-bond acceptors (Lipinski definition) is 2. The average molecular weight is 283 g/mol. The Hall–Kier alpha value is -1.06. The first-order valence-electron chi connectivity index (χ1n) is 6.86. The van der Waals surface area contributed by atoms with Crippen molar-refractivity contribution in [3.05, 3.63) is 34.9 Å². The van der Waals surface area contributed by atoms with Gasteiger partial charge in [-0.25, -0.2) is 0 Å². The molecule has 0 aliphatic heterocycles. The van der Waals surface area contributed by atoms with Crippen molar-refractivity contribution in [3.8, 4) is 0 Å². The van der Waals surface area contributed by atoms with Gasteiger partial charge in [-0.15, -0.1) is 0 Å². The monoisotopic (exact) mass is 282 g/mol. The normalized spacial score (nSPS) is 12.2. The molecule has 0 spiro atoms. The van der Waals surface area contributed by atoms with Gasteiger partial charge in [-0.05, 0) is 44.0 Å². The van der Waals surface area contributed by atoms with Crippen molar-refractivity contribution in [3.63, 3.8) is 0 Å². The van der Waals surface area contributed by atoms with Gasteiger partial charge in [0.05, 0.1) is 0 Å². The van der Waals surface area contributed by atoms with Crippen LogP contribution >= 0.6 is 11.6 Å². The zero-order valence-corrected chi connectivity index (χ0v) is 12.5. The molecule has 0 aromatic heterocycles. The fraction of sp³-hybridized carbons (Fsp3) is 0.533. The second-order valence-electron chi connectivity index (χ2n) is 4.76. The van der Waals surface area contributed by atoms with Gasteiger partial charge in [0.25, 0.3) is 0 Å². The molecule has 0 saturated heterocycles. The Morgan fingerprint density at radius 1 is 1.37 bits per heavy atom. The molecule has 0 heterocycles. The van der Waals surface area contributed by atoms with Crippen LogP contribution in [0.15, 0.2) is 24.3 Å². The van der Waals surface area contributed by atoms with Crippen molar-refractivity contribution in [2.45, 2.75) is 39.2 Å². The third kappa shape index (κ3) is 7.19. The molecule has 1 aromatic rings. The molecule has 19 heavy (non-hydrogen) atoms. The lowest BCUT2D eigenvalue weighted by atomic mass is 10.1. The second kappa shape index (κ2) is 8.94. The fourth-order valence-corrected chi connectivity index (χ4v) is 1.91. The minimum Gasteiger partial charge on any atom is -0.354 e. The van der Waals surface area contributed by atoms with Crippen LogP contribution in [0, 0.1) is 0 Å². The van der Waals surface area contributed by atoms with E-state index in [1.165, 1.54) is 5.56 Å². The Morgan fingerprint density at radius 2 is 2.16 bits per heavy atom. The highest BCUT2D eigenvalue weighted by molar-refractivity contribution is 6.30. The lowest BCUT2D eigenvalue weighted by Gasteiger charge is -2.11. The third-order valence-corrected chi connectivity index (χ3v) is 3.26. The molecule has 0 aliphatic rings. The molecule has 1 rings (SSSR count). The molecule has 4 heteroatoms. The fourth-order valence-electron chi connectivity index (χ4n) is 1.70. The lowest BCUT2D eigenvalue weighted by molar-refractivity contribution is -0.121. The number of amides is 1. The van der Waals surface area contributed by atoms with Gasteiger partial charge in [-0.3, -0.25) is 4.79 Å². The van der Waals surface area contributed by atoms with Crippen LogP contribution in [0.2, 0.25) is 5.02 Å². The summed E-state index contributed by atoms with van der Waals surface area (Å²) in [5, 5.41) is 6.99. The van der Waals surface area contributed by atoms with E-state index < -0.39 is 0 Å². The quantitative estimate of drug-likeness (QED) is 0.720. The molecule has 0 saturated carbocycles. The van der Waals surface area contributed by atoms with Gasteiger partial charge < -0.3 is 10.6 Å². The van der Waals surface area contributed by atoms with Crippen molar-refractivity contribution >= 4 is 17.5 Å². The highest BCUT2D eigenvalue weighted by Crippen LogP contribution is 2.10. The summed E-state index contributed by atoms with van der Waals surface area (Å²) >= 11 is 5.92. The molecule has 0 fully saturated rings. The van der Waals surface area contributed by atoms with Crippen molar-refractivity contribution in [1.29, 1.82) is 0 Å². The van der Waals surface area contributed by atoms with Crippen molar-refractivity contribution in [2.75, 3.05) is 13.1 Å². The van der Waals surface area contributed by atoms with E-state index in [2.05, 4.69) is 23.6 Å². The van der Waals surface area contributed by atoms with Crippen LogP contribution in [0.1, 0.15) is 32.3 Å². The van der Waals surface area contributed by atoms with Crippen molar-refractivity contribution < 1.29 is 4.79 Å². The molecule has 1 aromatic carbocycles. The van der Waals surface area contributed by atoms with Crippen LogP contribution in [0.5, 0.6) is 0 Å². The Balaban J connectivity index is 2.10. The van der Waals surface area contributed by atoms with Gasteiger partial charge in [0, 0.05) is 24.0 Å². The minimum absolute atomic E-state index is 0.115. The molecule has 2 N–H and O–H groups in total. The maximum Gasteiger partial charge on any atom is 0.221 e. The number of hydrogen-bond donors (Lipinski definition) is 2. The minimum atomic E-state index is 0.115. The van der Waals surface area contributed by atoms with Crippen LogP contribution in [0.25, 0.3) is 0 Å². The Kier molecular flexibility index (Phi) is 7.53. The predicted molar refractivity (Wildman–Crippen MR) is 80.5 cm³/mol. The maximum absolute atomic E-state index is 11.5. The van der Waals surface area contributed by atoms with Crippen molar-refractivity contribution in [2.24, 2.45) is 0 Å². The van der Waals surface area contributed by atoms with Gasteiger partial charge in [0.2, 0.25) is 5.91 Å². The number of carbonyl (C=O) groups is 1. The predicted octanol–water partition coefficient (Wildman–Crippen LogP) is 2.78. The van der Waals surface area contributed by atoms with E-state index in [-0.39, 0.29) is 11.9 Å². The summed E-state index contributed by atoms with van der Waals surface area (Å²) in [6.45, 7) is 5.65. The van der Waals surface area contributed by atoms with Crippen LogP contribution in [-0.4, -0.2) is 25.0 Å². The lowest BCUT2D eigenvalue weighted by Crippen LogP contribution is -2.34. The summed E-state index contributed by atoms with van der Waals surface area (Å²) in [5.74, 6) is 0.115. The SMILES string of the molecule is CCC(C)NC(=O)CCNCCc1cccc(Cl)c1. The average Bonchev–Trinajstić information content (AvgIpc) is 2.38. The first-order chi connectivity index (χ1) is 9.11. The zero-order valence-electron chi connectivity index (χ0n) is 11.7. The summed E-state index contributed by atoms with van der Waals surface area (Å²) in [5.41, 5.74) is 1.21. The smallest absolute Gasteiger partial charge is 0.221 e. The van der Waals surface area contributed by atoms with E-state index in [4.69, 9.17) is 11.6 Å².